The van der Waals surface area contributed by atoms with Gasteiger partial charge in [0, 0.05) is 32.2 Å². The molecule has 0 saturated carbocycles. The van der Waals surface area contributed by atoms with Crippen molar-refractivity contribution in [1.29, 1.82) is 0 Å². The van der Waals surface area contributed by atoms with Crippen LogP contribution in [0.1, 0.15) is 79.6 Å². The van der Waals surface area contributed by atoms with E-state index < -0.39 is 171 Å². The van der Waals surface area contributed by atoms with Crippen LogP contribution < -0.4 is 53.2 Å². The van der Waals surface area contributed by atoms with Crippen molar-refractivity contribution in [3.63, 3.8) is 0 Å². The fourth-order valence-electron chi connectivity index (χ4n) is 6.43. The van der Waals surface area contributed by atoms with Crippen molar-refractivity contribution >= 4 is 90.6 Å². The summed E-state index contributed by atoms with van der Waals surface area (Å²) >= 11 is 0. The second-order valence-corrected chi connectivity index (χ2v) is 16.5. The number of Topliss-reactive ketones (excluding diaryl/α,β-unsaturated/α-hetero) is 1. The smallest absolute Gasteiger partial charge is 0.323 e. The van der Waals surface area contributed by atoms with E-state index in [1.807, 2.05) is 0 Å². The number of carbonyl (C=O) groups excluding carboxylic acids is 13. The molecule has 1 rings (SSSR count). The van der Waals surface area contributed by atoms with Crippen LogP contribution in [0.5, 0.6) is 0 Å². The van der Waals surface area contributed by atoms with Crippen LogP contribution in [0.4, 0.5) is 0 Å². The van der Waals surface area contributed by atoms with Crippen molar-refractivity contribution in [2.45, 2.75) is 153 Å². The summed E-state index contributed by atoms with van der Waals surface area (Å²) in [5.41, 5.74) is 0. The summed E-state index contributed by atoms with van der Waals surface area (Å²) < 4.78 is 4.70. The fourth-order valence-corrected chi connectivity index (χ4v) is 6.43. The first kappa shape index (κ1) is 62.8. The molecule has 400 valence electrons. The van der Waals surface area contributed by atoms with Gasteiger partial charge in [0.2, 0.25) is 11.8 Å². The van der Waals surface area contributed by atoms with Gasteiger partial charge >= 0.3 is 17.9 Å². The molecule has 0 unspecified atom stereocenters. The predicted octanol–water partition coefficient (Wildman–Crippen LogP) is -6.10. The molecule has 6 amide bonds. The zero-order valence-corrected chi connectivity index (χ0v) is 40.5. The Bertz CT molecular complexity index is 2010. The molecule has 0 saturated heterocycles. The largest absolute Gasteiger partial charge is 0.481 e. The standard InChI is InChI=1S/C43H65N11O18/c1-22(17-55)44-29(43(71)72-6)16-30(60)27(11-13-32(62)63)50-39(67)34(45-23(2)18-56)51-40(68)35(46-24(3)19-57)52-41(69)37(48-26(5)21-59)54-15-9-7-8-10-31(61)49-28(12-14-33(64)65)38(66)53-36(42(54)70)47-25(4)20-58/h7,9,17-29,34-37,44-48H,8,10-16H2,1-6H3,(H,49,61)(H,50,67)(H,51,68)(H,52,69)(H,53,66)(H,62,63)(H,64,65)/b9-7-/t22-,23-,24-,25-,26-,27-,28-,29+,34+,35+,36+,37+/m0/s1. The normalized spacial score (nSPS) is 20.0. The topological polar surface area (TPSA) is 429 Å². The molecule has 0 spiro atoms. The maximum absolute atomic E-state index is 14.6. The number of carboxylic acid groups (broad SMARTS) is 2. The number of carboxylic acids is 2. The van der Waals surface area contributed by atoms with E-state index in [0.29, 0.717) is 31.4 Å². The third-order valence-corrected chi connectivity index (χ3v) is 10.2. The zero-order valence-electron chi connectivity index (χ0n) is 40.5. The molecule has 1 heterocycles. The number of amides is 6. The Kier molecular flexibility index (Phi) is 28.5. The van der Waals surface area contributed by atoms with Gasteiger partial charge in [0.1, 0.15) is 43.5 Å². The number of methoxy groups -OCH3 is 1. The van der Waals surface area contributed by atoms with Gasteiger partial charge in [-0.2, -0.15) is 0 Å². The number of nitrogens with zero attached hydrogens (tertiary/aromatic N) is 1. The van der Waals surface area contributed by atoms with E-state index in [1.165, 1.54) is 46.8 Å². The van der Waals surface area contributed by atoms with Crippen molar-refractivity contribution in [3.8, 4) is 0 Å². The number of allylic oxidation sites excluding steroid dienone is 1. The van der Waals surface area contributed by atoms with Gasteiger partial charge in [0.25, 0.3) is 23.6 Å². The second kappa shape index (κ2) is 32.6. The first-order valence-corrected chi connectivity index (χ1v) is 22.5. The van der Waals surface area contributed by atoms with E-state index in [2.05, 4.69) is 53.2 Å². The number of esters is 1. The van der Waals surface area contributed by atoms with Crippen LogP contribution in [-0.2, 0) is 76.7 Å². The van der Waals surface area contributed by atoms with E-state index in [4.69, 9.17) is 4.74 Å². The number of nitrogens with one attached hydrogen (secondary N) is 10. The van der Waals surface area contributed by atoms with E-state index in [-0.39, 0.29) is 12.8 Å². The SMILES string of the molecule is COC(=O)[C@@H](CC(=O)[C@H](CCC(=O)O)NC(=O)[C@@H](NC(=O)[C@@H](NC(=O)[C@H](N[C@@H](C)C=O)N1C/C=C\CCC(=O)N[C@@H](CCC(=O)O)C(=O)N[C@@H](N[C@@H](C)C=O)C1=O)N[C@@H](C)C=O)N[C@@H](C)C=O)N[C@@H](C)C=O. The quantitative estimate of drug-likeness (QED) is 0.0129. The summed E-state index contributed by atoms with van der Waals surface area (Å²) in [6, 6.07) is -10.5. The Labute approximate surface area is 413 Å². The highest BCUT2D eigenvalue weighted by Crippen LogP contribution is 2.10. The number of hydrogen-bond acceptors (Lipinski definition) is 21. The number of carbonyl (C=O) groups is 15. The minimum Gasteiger partial charge on any atom is -0.481 e. The van der Waals surface area contributed by atoms with Crippen LogP contribution in [0.25, 0.3) is 0 Å². The van der Waals surface area contributed by atoms with Crippen molar-refractivity contribution in [2.75, 3.05) is 13.7 Å². The van der Waals surface area contributed by atoms with Gasteiger partial charge in [0.05, 0.1) is 43.4 Å². The molecule has 0 aromatic rings. The van der Waals surface area contributed by atoms with Crippen molar-refractivity contribution in [1.82, 2.24) is 58.1 Å². The molecule has 0 aliphatic carbocycles. The number of rotatable bonds is 32. The number of ketones is 1. The summed E-state index contributed by atoms with van der Waals surface area (Å²) in [5, 5.41) is 42.9. The monoisotopic (exact) mass is 1020 g/mol. The highest BCUT2D eigenvalue weighted by atomic mass is 16.5. The minimum absolute atomic E-state index is 0.00162. The van der Waals surface area contributed by atoms with Crippen molar-refractivity contribution in [2.24, 2.45) is 0 Å². The third kappa shape index (κ3) is 22.7. The van der Waals surface area contributed by atoms with E-state index in [9.17, 15) is 82.1 Å². The van der Waals surface area contributed by atoms with Gasteiger partial charge < -0.3 is 70.4 Å². The molecule has 0 aromatic heterocycles. The highest BCUT2D eigenvalue weighted by molar-refractivity contribution is 5.98. The maximum Gasteiger partial charge on any atom is 0.323 e. The number of aliphatic carboxylic acids is 2. The summed E-state index contributed by atoms with van der Waals surface area (Å²) in [5.74, 6) is -11.4. The summed E-state index contributed by atoms with van der Waals surface area (Å²) in [7, 11) is 1.00. The van der Waals surface area contributed by atoms with Gasteiger partial charge in [-0.3, -0.25) is 74.5 Å². The van der Waals surface area contributed by atoms with Gasteiger partial charge in [-0.1, -0.05) is 12.2 Å². The van der Waals surface area contributed by atoms with Crippen LogP contribution >= 0.6 is 0 Å². The minimum atomic E-state index is -2.05. The number of aldehydes is 5. The molecule has 0 aromatic carbocycles. The summed E-state index contributed by atoms with van der Waals surface area (Å²) in [6.07, 6.45) is -6.66. The maximum atomic E-state index is 14.6. The summed E-state index contributed by atoms with van der Waals surface area (Å²) in [6.45, 7) is 5.90. The van der Waals surface area contributed by atoms with Crippen LogP contribution in [0, 0.1) is 0 Å². The Morgan fingerprint density at radius 3 is 1.72 bits per heavy atom. The lowest BCUT2D eigenvalue weighted by atomic mass is 9.99. The van der Waals surface area contributed by atoms with Gasteiger partial charge in [0.15, 0.2) is 30.4 Å². The average molecular weight is 1020 g/mol. The highest BCUT2D eigenvalue weighted by Gasteiger charge is 2.39. The molecular weight excluding hydrogens is 959 g/mol. The van der Waals surface area contributed by atoms with Gasteiger partial charge in [-0.05, 0) is 53.9 Å². The molecule has 29 nitrogen and oxygen atoms in total. The fraction of sp³-hybridized carbons (Fsp3) is 0.605. The molecule has 1 aliphatic rings. The molecule has 1 aliphatic heterocycles. The lowest BCUT2D eigenvalue weighted by Gasteiger charge is -2.36. The van der Waals surface area contributed by atoms with Crippen molar-refractivity contribution < 1.29 is 86.9 Å². The molecule has 12 atom stereocenters. The van der Waals surface area contributed by atoms with E-state index >= 15 is 0 Å². The lowest BCUT2D eigenvalue weighted by Crippen LogP contribution is -2.69. The van der Waals surface area contributed by atoms with Crippen LogP contribution in [-0.4, -0.2) is 192 Å². The predicted molar refractivity (Wildman–Crippen MR) is 246 cm³/mol. The molecule has 72 heavy (non-hydrogen) atoms. The lowest BCUT2D eigenvalue weighted by molar-refractivity contribution is -0.146. The number of hydrogen-bond donors (Lipinski definition) is 12. The molecule has 0 bridgehead atoms. The molecule has 0 fully saturated rings. The molecule has 29 heteroatoms. The van der Waals surface area contributed by atoms with E-state index in [0.717, 1.165) is 12.0 Å². The first-order valence-electron chi connectivity index (χ1n) is 22.5. The first-order chi connectivity index (χ1) is 33.9. The zero-order chi connectivity index (χ0) is 54.7. The second-order valence-electron chi connectivity index (χ2n) is 16.5. The van der Waals surface area contributed by atoms with Crippen molar-refractivity contribution in [3.05, 3.63) is 12.2 Å². The van der Waals surface area contributed by atoms with Gasteiger partial charge in [-0.25, -0.2) is 0 Å². The molecular formula is C43H65N11O18. The van der Waals surface area contributed by atoms with Crippen LogP contribution in [0.3, 0.4) is 0 Å². The Hall–Kier alpha value is -7.21. The summed E-state index contributed by atoms with van der Waals surface area (Å²) in [4.78, 5) is 192. The Morgan fingerprint density at radius 2 is 1.19 bits per heavy atom. The van der Waals surface area contributed by atoms with Crippen LogP contribution in [0.2, 0.25) is 0 Å². The average Bonchev–Trinajstić information content (AvgIpc) is 3.35. The molecule has 12 N–H and O–H groups in total. The third-order valence-electron chi connectivity index (χ3n) is 10.2. The van der Waals surface area contributed by atoms with Gasteiger partial charge in [-0.15, -0.1) is 0 Å². The van der Waals surface area contributed by atoms with Crippen LogP contribution in [0.15, 0.2) is 12.2 Å². The van der Waals surface area contributed by atoms with E-state index in [1.54, 1.807) is 0 Å². The number of ether oxygens (including phenoxy) is 1. The Morgan fingerprint density at radius 1 is 0.681 bits per heavy atom. The molecule has 0 radical (unpaired) electrons. The Balaban J connectivity index is 3.86.